The van der Waals surface area contributed by atoms with Gasteiger partial charge in [0.2, 0.25) is 0 Å². The van der Waals surface area contributed by atoms with Crippen LogP contribution in [0, 0.1) is 5.92 Å². The molecule has 1 saturated heterocycles. The fourth-order valence-corrected chi connectivity index (χ4v) is 3.83. The van der Waals surface area contributed by atoms with Gasteiger partial charge in [0.25, 0.3) is 0 Å². The van der Waals surface area contributed by atoms with Gasteiger partial charge in [0.05, 0.1) is 55.0 Å². The highest BCUT2D eigenvalue weighted by Gasteiger charge is 2.34. The van der Waals surface area contributed by atoms with Crippen molar-refractivity contribution in [2.45, 2.75) is 57.7 Å². The highest BCUT2D eigenvalue weighted by Crippen LogP contribution is 2.30. The quantitative estimate of drug-likeness (QED) is 0.439. The second-order valence-electron chi connectivity index (χ2n) is 7.92. The Kier molecular flexibility index (Phi) is 8.80. The Bertz CT molecular complexity index is 719. The standard InChI is InChI=1S/C22H34ClN3O3/c1-15(2)21(22(4,23)8-11-28-5)26-20(17-6-9-24-18(12-17)14-27)19-7-10-29-16(3)13-25-19/h6,8-9,11-12,15-16,21,25-27H,7,10,13-14H2,1-5H3/b11-8+,20-19-/t16-,21+,22?/m1/s1. The molecule has 1 aliphatic heterocycles. The summed E-state index contributed by atoms with van der Waals surface area (Å²) in [6, 6.07) is 3.77. The molecule has 0 amide bonds. The third-order valence-corrected chi connectivity index (χ3v) is 5.39. The molecule has 0 saturated carbocycles. The maximum Gasteiger partial charge on any atom is 0.0853 e. The number of nitrogens with one attached hydrogen (secondary N) is 2. The van der Waals surface area contributed by atoms with Crippen LogP contribution in [0.25, 0.3) is 5.70 Å². The van der Waals surface area contributed by atoms with Crippen molar-refractivity contribution < 1.29 is 14.6 Å². The minimum atomic E-state index is -0.669. The molecule has 0 bridgehead atoms. The van der Waals surface area contributed by atoms with Gasteiger partial charge < -0.3 is 25.2 Å². The normalized spacial score (nSPS) is 22.6. The molecule has 3 atom stereocenters. The summed E-state index contributed by atoms with van der Waals surface area (Å²) < 4.78 is 10.9. The lowest BCUT2D eigenvalue weighted by atomic mass is 9.90. The van der Waals surface area contributed by atoms with E-state index in [0.717, 1.165) is 29.9 Å². The third kappa shape index (κ3) is 6.63. The lowest BCUT2D eigenvalue weighted by molar-refractivity contribution is 0.0808. The molecule has 7 heteroatoms. The Morgan fingerprint density at radius 2 is 2.31 bits per heavy atom. The summed E-state index contributed by atoms with van der Waals surface area (Å²) in [5.41, 5.74) is 3.60. The molecule has 0 aliphatic carbocycles. The van der Waals surface area contributed by atoms with Crippen LogP contribution in [-0.4, -0.2) is 47.4 Å². The van der Waals surface area contributed by atoms with Crippen molar-refractivity contribution in [3.8, 4) is 0 Å². The van der Waals surface area contributed by atoms with Crippen LogP contribution in [0.3, 0.4) is 0 Å². The predicted molar refractivity (Wildman–Crippen MR) is 117 cm³/mol. The zero-order valence-corrected chi connectivity index (χ0v) is 18.8. The van der Waals surface area contributed by atoms with Crippen LogP contribution in [0.1, 0.15) is 45.4 Å². The van der Waals surface area contributed by atoms with E-state index in [1.54, 1.807) is 19.6 Å². The lowest BCUT2D eigenvalue weighted by Gasteiger charge is -2.36. The number of hydrogen-bond acceptors (Lipinski definition) is 6. The van der Waals surface area contributed by atoms with Gasteiger partial charge in [0, 0.05) is 30.4 Å². The minimum Gasteiger partial charge on any atom is -0.505 e. The van der Waals surface area contributed by atoms with Gasteiger partial charge >= 0.3 is 0 Å². The second-order valence-corrected chi connectivity index (χ2v) is 8.73. The maximum atomic E-state index is 9.55. The summed E-state index contributed by atoms with van der Waals surface area (Å²) in [7, 11) is 1.61. The first-order valence-electron chi connectivity index (χ1n) is 10.1. The predicted octanol–water partition coefficient (Wildman–Crippen LogP) is 3.41. The van der Waals surface area contributed by atoms with Crippen LogP contribution in [0.5, 0.6) is 0 Å². The SMILES string of the molecule is CO/C=C/C(C)(Cl)[C@@H](N/C(=C1/CCO[C@H](C)CN1)c1ccnc(CO)c1)C(C)C. The second kappa shape index (κ2) is 10.9. The van der Waals surface area contributed by atoms with Crippen LogP contribution >= 0.6 is 11.6 Å². The molecular weight excluding hydrogens is 390 g/mol. The van der Waals surface area contributed by atoms with Crippen LogP contribution in [0.15, 0.2) is 36.4 Å². The fourth-order valence-electron chi connectivity index (χ4n) is 3.47. The molecule has 1 fully saturated rings. The zero-order chi connectivity index (χ0) is 21.4. The topological polar surface area (TPSA) is 75.6 Å². The number of hydrogen-bond donors (Lipinski definition) is 3. The van der Waals surface area contributed by atoms with Crippen LogP contribution in [-0.2, 0) is 16.1 Å². The van der Waals surface area contributed by atoms with Crippen LogP contribution < -0.4 is 10.6 Å². The number of methoxy groups -OCH3 is 1. The molecule has 6 nitrogen and oxygen atoms in total. The molecular formula is C22H34ClN3O3. The van der Waals surface area contributed by atoms with Gasteiger partial charge in [-0.25, -0.2) is 0 Å². The highest BCUT2D eigenvalue weighted by molar-refractivity contribution is 6.25. The Morgan fingerprint density at radius 1 is 1.55 bits per heavy atom. The molecule has 3 N–H and O–H groups in total. The van der Waals surface area contributed by atoms with Crippen molar-refractivity contribution in [3.05, 3.63) is 47.6 Å². The van der Waals surface area contributed by atoms with Crippen LogP contribution in [0.4, 0.5) is 0 Å². The van der Waals surface area contributed by atoms with Crippen molar-refractivity contribution in [3.63, 3.8) is 0 Å². The average Bonchev–Trinajstić information content (AvgIpc) is 2.91. The van der Waals surface area contributed by atoms with E-state index in [2.05, 4.69) is 36.4 Å². The third-order valence-electron chi connectivity index (χ3n) is 5.03. The van der Waals surface area contributed by atoms with E-state index in [0.29, 0.717) is 12.3 Å². The summed E-state index contributed by atoms with van der Waals surface area (Å²) in [5, 5.41) is 16.8. The maximum absolute atomic E-state index is 9.55. The van der Waals surface area contributed by atoms with Crippen LogP contribution in [0.2, 0.25) is 0 Å². The summed E-state index contributed by atoms with van der Waals surface area (Å²) >= 11 is 6.91. The van der Waals surface area contributed by atoms with E-state index in [-0.39, 0.29) is 24.7 Å². The van der Waals surface area contributed by atoms with Gasteiger partial charge in [0.15, 0.2) is 0 Å². The molecule has 162 valence electrons. The minimum absolute atomic E-state index is 0.0767. The number of rotatable bonds is 8. The molecule has 2 rings (SSSR count). The Hall–Kier alpha value is -1.76. The highest BCUT2D eigenvalue weighted by atomic mass is 35.5. The molecule has 1 aliphatic rings. The first-order valence-corrected chi connectivity index (χ1v) is 10.5. The molecule has 2 heterocycles. The Labute approximate surface area is 179 Å². The number of halogens is 1. The van der Waals surface area contributed by atoms with Crippen molar-refractivity contribution >= 4 is 17.3 Å². The van der Waals surface area contributed by atoms with Gasteiger partial charge in [-0.05, 0) is 38.0 Å². The lowest BCUT2D eigenvalue weighted by Crippen LogP contribution is -2.47. The Morgan fingerprint density at radius 3 is 2.97 bits per heavy atom. The first kappa shape index (κ1) is 23.5. The summed E-state index contributed by atoms with van der Waals surface area (Å²) in [6.45, 7) is 9.56. The molecule has 1 unspecified atom stereocenters. The summed E-state index contributed by atoms with van der Waals surface area (Å²) in [6.07, 6.45) is 6.09. The van der Waals surface area contributed by atoms with Crippen molar-refractivity contribution in [2.24, 2.45) is 5.92 Å². The van der Waals surface area contributed by atoms with E-state index < -0.39 is 4.87 Å². The molecule has 1 aromatic rings. The van der Waals surface area contributed by atoms with Gasteiger partial charge in [-0.15, -0.1) is 11.6 Å². The van der Waals surface area contributed by atoms with E-state index in [4.69, 9.17) is 21.1 Å². The number of nitrogens with zero attached hydrogens (tertiary/aromatic N) is 1. The summed E-state index contributed by atoms with van der Waals surface area (Å²) in [4.78, 5) is 3.55. The Balaban J connectivity index is 2.49. The number of pyridine rings is 1. The van der Waals surface area contributed by atoms with Gasteiger partial charge in [0.1, 0.15) is 0 Å². The monoisotopic (exact) mass is 423 g/mol. The molecule has 29 heavy (non-hydrogen) atoms. The molecule has 0 aromatic carbocycles. The molecule has 0 radical (unpaired) electrons. The smallest absolute Gasteiger partial charge is 0.0853 e. The van der Waals surface area contributed by atoms with Crippen molar-refractivity contribution in [1.82, 2.24) is 15.6 Å². The average molecular weight is 424 g/mol. The first-order chi connectivity index (χ1) is 13.8. The largest absolute Gasteiger partial charge is 0.505 e. The number of aliphatic hydroxyl groups is 1. The van der Waals surface area contributed by atoms with Crippen molar-refractivity contribution in [1.29, 1.82) is 0 Å². The van der Waals surface area contributed by atoms with Gasteiger partial charge in [-0.2, -0.15) is 0 Å². The van der Waals surface area contributed by atoms with Crippen molar-refractivity contribution in [2.75, 3.05) is 20.3 Å². The van der Waals surface area contributed by atoms with E-state index in [9.17, 15) is 5.11 Å². The number of aliphatic hydroxyl groups excluding tert-OH is 1. The number of aromatic nitrogens is 1. The van der Waals surface area contributed by atoms with Gasteiger partial charge in [-0.1, -0.05) is 13.8 Å². The van der Waals surface area contributed by atoms with E-state index in [1.807, 2.05) is 25.1 Å². The fraction of sp³-hybridized carbons (Fsp3) is 0.591. The summed E-state index contributed by atoms with van der Waals surface area (Å²) in [5.74, 6) is 0.245. The molecule has 0 spiro atoms. The van der Waals surface area contributed by atoms with E-state index in [1.165, 1.54) is 0 Å². The van der Waals surface area contributed by atoms with E-state index >= 15 is 0 Å². The number of alkyl halides is 1. The number of ether oxygens (including phenoxy) is 2. The molecule has 1 aromatic heterocycles. The van der Waals surface area contributed by atoms with Gasteiger partial charge in [-0.3, -0.25) is 4.98 Å². The zero-order valence-electron chi connectivity index (χ0n) is 18.0.